The lowest BCUT2D eigenvalue weighted by molar-refractivity contribution is -0.885. The van der Waals surface area contributed by atoms with Gasteiger partial charge in [-0.25, -0.2) is 4.79 Å². The van der Waals surface area contributed by atoms with Crippen LogP contribution in [-0.2, 0) is 20.9 Å². The fourth-order valence-corrected chi connectivity index (χ4v) is 2.68. The molecule has 0 heterocycles. The minimum atomic E-state index is -0.618. The van der Waals surface area contributed by atoms with Crippen molar-refractivity contribution in [2.24, 2.45) is 5.92 Å². The topological polar surface area (TPSA) is 88.9 Å². The molecule has 7 heteroatoms. The summed E-state index contributed by atoms with van der Waals surface area (Å²) in [6.45, 7) is 4.85. The molecule has 1 unspecified atom stereocenters. The second-order valence-electron chi connectivity index (χ2n) is 6.86. The van der Waals surface area contributed by atoms with E-state index in [2.05, 4.69) is 10.6 Å². The third-order valence-corrected chi connectivity index (χ3v) is 3.94. The molecule has 144 valence electrons. The van der Waals surface area contributed by atoms with Gasteiger partial charge in [-0.15, -0.1) is 0 Å². The molecule has 0 aromatic heterocycles. The van der Waals surface area contributed by atoms with Gasteiger partial charge in [0.25, 0.3) is 11.8 Å². The lowest BCUT2D eigenvalue weighted by Gasteiger charge is -2.20. The van der Waals surface area contributed by atoms with Crippen molar-refractivity contribution in [1.29, 1.82) is 0 Å². The van der Waals surface area contributed by atoms with E-state index in [1.165, 1.54) is 7.11 Å². The summed E-state index contributed by atoms with van der Waals surface area (Å²) in [5.41, 5.74) is 1.62. The number of ether oxygens (including phenoxy) is 1. The Labute approximate surface area is 155 Å². The van der Waals surface area contributed by atoms with E-state index in [-0.39, 0.29) is 24.3 Å². The van der Waals surface area contributed by atoms with Crippen molar-refractivity contribution in [3.05, 3.63) is 35.4 Å². The van der Waals surface area contributed by atoms with E-state index in [4.69, 9.17) is 4.74 Å². The standard InChI is InChI=1S/C19H29N3O4/c1-13(2)10-16(19(25)26-5)21-17(23)12-22(4)11-14-6-8-15(9-7-14)18(24)20-3/h6-9,13,16H,10-12H2,1-5H3,(H,20,24)(H,21,23)/p+1/t16-/m1/s1. The van der Waals surface area contributed by atoms with Gasteiger partial charge < -0.3 is 20.3 Å². The summed E-state index contributed by atoms with van der Waals surface area (Å²) >= 11 is 0. The molecule has 2 amide bonds. The fraction of sp³-hybridized carbons (Fsp3) is 0.526. The molecular formula is C19H30N3O4+. The van der Waals surface area contributed by atoms with Crippen LogP contribution >= 0.6 is 0 Å². The Bertz CT molecular complexity index is 614. The van der Waals surface area contributed by atoms with Gasteiger partial charge in [0.15, 0.2) is 6.54 Å². The molecule has 1 rings (SSSR count). The number of benzene rings is 1. The predicted molar refractivity (Wildman–Crippen MR) is 98.7 cm³/mol. The van der Waals surface area contributed by atoms with Gasteiger partial charge in [-0.2, -0.15) is 0 Å². The highest BCUT2D eigenvalue weighted by Gasteiger charge is 2.23. The molecule has 0 fully saturated rings. The van der Waals surface area contributed by atoms with E-state index in [0.717, 1.165) is 10.5 Å². The van der Waals surface area contributed by atoms with Gasteiger partial charge in [-0.3, -0.25) is 9.59 Å². The second-order valence-corrected chi connectivity index (χ2v) is 6.86. The molecule has 7 nitrogen and oxygen atoms in total. The average Bonchev–Trinajstić information content (AvgIpc) is 2.59. The van der Waals surface area contributed by atoms with Gasteiger partial charge in [0.05, 0.1) is 14.2 Å². The first-order chi connectivity index (χ1) is 12.3. The van der Waals surface area contributed by atoms with E-state index in [1.807, 2.05) is 33.0 Å². The molecule has 1 aromatic carbocycles. The molecular weight excluding hydrogens is 334 g/mol. The summed E-state index contributed by atoms with van der Waals surface area (Å²) < 4.78 is 4.76. The molecule has 0 aliphatic heterocycles. The molecule has 2 atom stereocenters. The number of quaternary nitrogens is 1. The summed E-state index contributed by atoms with van der Waals surface area (Å²) in [6.07, 6.45) is 0.540. The minimum absolute atomic E-state index is 0.129. The third-order valence-electron chi connectivity index (χ3n) is 3.94. The van der Waals surface area contributed by atoms with Gasteiger partial charge in [0, 0.05) is 18.2 Å². The number of rotatable bonds is 9. The van der Waals surface area contributed by atoms with Crippen LogP contribution in [0.1, 0.15) is 36.2 Å². The van der Waals surface area contributed by atoms with Gasteiger partial charge in [-0.05, 0) is 24.5 Å². The first-order valence-corrected chi connectivity index (χ1v) is 8.76. The normalized spacial score (nSPS) is 13.0. The summed E-state index contributed by atoms with van der Waals surface area (Å²) in [5.74, 6) is -0.478. The highest BCUT2D eigenvalue weighted by atomic mass is 16.5. The molecule has 0 bridgehead atoms. The van der Waals surface area contributed by atoms with E-state index in [0.29, 0.717) is 18.5 Å². The van der Waals surface area contributed by atoms with Crippen molar-refractivity contribution >= 4 is 17.8 Å². The molecule has 0 saturated carbocycles. The number of amides is 2. The lowest BCUT2D eigenvalue weighted by atomic mass is 10.0. The molecule has 26 heavy (non-hydrogen) atoms. The summed E-state index contributed by atoms with van der Waals surface area (Å²) in [7, 11) is 4.82. The number of methoxy groups -OCH3 is 1. The van der Waals surface area contributed by atoms with Crippen LogP contribution in [0, 0.1) is 5.92 Å². The van der Waals surface area contributed by atoms with Gasteiger partial charge in [0.2, 0.25) is 0 Å². The van der Waals surface area contributed by atoms with Gasteiger partial charge in [0.1, 0.15) is 12.6 Å². The Balaban J connectivity index is 2.57. The smallest absolute Gasteiger partial charge is 0.328 e. The van der Waals surface area contributed by atoms with Crippen LogP contribution in [0.25, 0.3) is 0 Å². The predicted octanol–water partition coefficient (Wildman–Crippen LogP) is -0.235. The Kier molecular flexibility index (Phi) is 8.78. The van der Waals surface area contributed by atoms with E-state index in [9.17, 15) is 14.4 Å². The summed E-state index contributed by atoms with van der Waals surface area (Å²) in [5, 5.41) is 5.34. The van der Waals surface area contributed by atoms with E-state index < -0.39 is 12.0 Å². The molecule has 0 aliphatic carbocycles. The number of likely N-dealkylation sites (N-methyl/N-ethyl adjacent to an activating group) is 1. The zero-order valence-electron chi connectivity index (χ0n) is 16.2. The lowest BCUT2D eigenvalue weighted by Crippen LogP contribution is -3.09. The molecule has 0 radical (unpaired) electrons. The summed E-state index contributed by atoms with van der Waals surface area (Å²) in [6, 6.07) is 6.66. The number of esters is 1. The van der Waals surface area contributed by atoms with Gasteiger partial charge in [-0.1, -0.05) is 26.0 Å². The second kappa shape index (κ2) is 10.6. The van der Waals surface area contributed by atoms with Crippen LogP contribution in [-0.4, -0.2) is 51.6 Å². The van der Waals surface area contributed by atoms with Crippen molar-refractivity contribution in [2.75, 3.05) is 27.7 Å². The van der Waals surface area contributed by atoms with Crippen LogP contribution in [0.4, 0.5) is 0 Å². The zero-order chi connectivity index (χ0) is 19.7. The third kappa shape index (κ3) is 7.23. The molecule has 0 spiro atoms. The Hall–Kier alpha value is -2.41. The first-order valence-electron chi connectivity index (χ1n) is 8.76. The number of hydrogen-bond acceptors (Lipinski definition) is 4. The Morgan fingerprint density at radius 2 is 1.77 bits per heavy atom. The molecule has 0 aliphatic rings. The van der Waals surface area contributed by atoms with Crippen molar-refractivity contribution in [3.8, 4) is 0 Å². The Morgan fingerprint density at radius 3 is 2.27 bits per heavy atom. The Morgan fingerprint density at radius 1 is 1.15 bits per heavy atom. The van der Waals surface area contributed by atoms with Crippen LogP contribution in [0.15, 0.2) is 24.3 Å². The minimum Gasteiger partial charge on any atom is -0.467 e. The maximum Gasteiger partial charge on any atom is 0.328 e. The van der Waals surface area contributed by atoms with Crippen molar-refractivity contribution in [2.45, 2.75) is 32.9 Å². The first kappa shape index (κ1) is 21.6. The van der Waals surface area contributed by atoms with E-state index >= 15 is 0 Å². The van der Waals surface area contributed by atoms with Gasteiger partial charge >= 0.3 is 5.97 Å². The van der Waals surface area contributed by atoms with Crippen LogP contribution < -0.4 is 15.5 Å². The highest BCUT2D eigenvalue weighted by molar-refractivity contribution is 5.93. The van der Waals surface area contributed by atoms with Crippen molar-refractivity contribution in [1.82, 2.24) is 10.6 Å². The number of hydrogen-bond donors (Lipinski definition) is 3. The zero-order valence-corrected chi connectivity index (χ0v) is 16.2. The largest absolute Gasteiger partial charge is 0.467 e. The maximum atomic E-state index is 12.2. The van der Waals surface area contributed by atoms with Crippen LogP contribution in [0.2, 0.25) is 0 Å². The number of carbonyl (C=O) groups excluding carboxylic acids is 3. The SMILES string of the molecule is CNC(=O)c1ccc(C[NH+](C)CC(=O)N[C@H](CC(C)C)C(=O)OC)cc1. The fourth-order valence-electron chi connectivity index (χ4n) is 2.68. The number of carbonyl (C=O) groups is 3. The maximum absolute atomic E-state index is 12.2. The molecule has 0 saturated heterocycles. The average molecular weight is 364 g/mol. The molecule has 1 aromatic rings. The van der Waals surface area contributed by atoms with Crippen molar-refractivity contribution in [3.63, 3.8) is 0 Å². The number of nitrogens with one attached hydrogen (secondary N) is 3. The van der Waals surface area contributed by atoms with E-state index in [1.54, 1.807) is 19.2 Å². The highest BCUT2D eigenvalue weighted by Crippen LogP contribution is 2.06. The monoisotopic (exact) mass is 364 g/mol. The van der Waals surface area contributed by atoms with Crippen LogP contribution in [0.3, 0.4) is 0 Å². The van der Waals surface area contributed by atoms with Crippen molar-refractivity contribution < 1.29 is 24.0 Å². The molecule has 3 N–H and O–H groups in total. The summed E-state index contributed by atoms with van der Waals surface area (Å²) in [4.78, 5) is 36.6. The van der Waals surface area contributed by atoms with Crippen LogP contribution in [0.5, 0.6) is 0 Å². The quantitative estimate of drug-likeness (QED) is 0.528.